The van der Waals surface area contributed by atoms with E-state index in [2.05, 4.69) is 282 Å². The molecule has 0 radical (unpaired) electrons. The van der Waals surface area contributed by atoms with Crippen LogP contribution in [0.2, 0.25) is 39.3 Å². The molecule has 362 valence electrons. The molecule has 0 unspecified atom stereocenters. The van der Waals surface area contributed by atoms with Gasteiger partial charge in [-0.1, -0.05) is 268 Å². The fraction of sp³-hybridized carbons (Fsp3) is 0.0811. The normalized spacial score (nSPS) is 12.3. The molecule has 0 nitrogen and oxygen atoms in total. The van der Waals surface area contributed by atoms with Crippen LogP contribution < -0.4 is 10.4 Å². The first-order valence-corrected chi connectivity index (χ1v) is 34.0. The van der Waals surface area contributed by atoms with Crippen molar-refractivity contribution in [3.63, 3.8) is 0 Å². The van der Waals surface area contributed by atoms with Crippen LogP contribution in [0.15, 0.2) is 243 Å². The minimum absolute atomic E-state index is 1.21. The van der Waals surface area contributed by atoms with Gasteiger partial charge in [-0.15, -0.1) is 0 Å². The van der Waals surface area contributed by atoms with Crippen molar-refractivity contribution in [1.29, 1.82) is 0 Å². The molecule has 14 rings (SSSR count). The molecule has 0 aliphatic heterocycles. The third-order valence-corrected chi connectivity index (χ3v) is 20.6. The molecule has 0 saturated heterocycles. The van der Waals surface area contributed by atoms with E-state index in [9.17, 15) is 0 Å². The van der Waals surface area contributed by atoms with Crippen LogP contribution in [0.5, 0.6) is 0 Å². The molecule has 0 amide bonds. The van der Waals surface area contributed by atoms with E-state index >= 15 is 0 Å². The summed E-state index contributed by atoms with van der Waals surface area (Å²) < 4.78 is 0. The topological polar surface area (TPSA) is 0 Å². The molecule has 0 fully saturated rings. The first kappa shape index (κ1) is 46.1. The van der Waals surface area contributed by atoms with Gasteiger partial charge in [-0.3, -0.25) is 0 Å². The van der Waals surface area contributed by atoms with Gasteiger partial charge in [0.2, 0.25) is 0 Å². The first-order valence-electron chi connectivity index (χ1n) is 27.0. The summed E-state index contributed by atoms with van der Waals surface area (Å²) in [6.07, 6.45) is 0. The van der Waals surface area contributed by atoms with E-state index in [0.717, 1.165) is 0 Å². The van der Waals surface area contributed by atoms with Gasteiger partial charge >= 0.3 is 0 Å². The van der Waals surface area contributed by atoms with Crippen LogP contribution in [-0.2, 0) is 0 Å². The highest BCUT2D eigenvalue weighted by Crippen LogP contribution is 2.50. The number of benzene rings is 14. The Bertz CT molecular complexity index is 4330. The molecule has 0 saturated carbocycles. The van der Waals surface area contributed by atoms with Crippen molar-refractivity contribution in [2.45, 2.75) is 39.3 Å². The SMILES string of the molecule is C[Si](C)(C)c1ccc(-c2cc(-c3ccc(-c4ccc5ccccc5c4)cc3)c3ccc4c(-c5ccc([Si](C)(C)C)c6ccccc56)cc(-c5ccc(-c6ccc7ccccc7c6)cc5)c5ccc2c3c54)c2ccccc12. The number of fused-ring (bicyclic) bond motifs is 4. The lowest BCUT2D eigenvalue weighted by Crippen LogP contribution is -2.38. The van der Waals surface area contributed by atoms with Crippen molar-refractivity contribution in [2.24, 2.45) is 0 Å². The van der Waals surface area contributed by atoms with Crippen molar-refractivity contribution in [3.8, 4) is 66.8 Å². The summed E-state index contributed by atoms with van der Waals surface area (Å²) in [5.41, 5.74) is 14.9. The summed E-state index contributed by atoms with van der Waals surface area (Å²) in [4.78, 5) is 0. The van der Waals surface area contributed by atoms with Crippen LogP contribution in [0.4, 0.5) is 0 Å². The van der Waals surface area contributed by atoms with Crippen LogP contribution >= 0.6 is 0 Å². The molecule has 0 bridgehead atoms. The average Bonchev–Trinajstić information content (AvgIpc) is 3.62. The molecule has 0 N–H and O–H groups in total. The second kappa shape index (κ2) is 17.6. The molecule has 0 heterocycles. The van der Waals surface area contributed by atoms with Crippen LogP contribution in [0.1, 0.15) is 0 Å². The number of hydrogen-bond donors (Lipinski definition) is 0. The molecule has 76 heavy (non-hydrogen) atoms. The smallest absolute Gasteiger partial charge is 0.0656 e. The summed E-state index contributed by atoms with van der Waals surface area (Å²) in [5, 5.41) is 21.2. The highest BCUT2D eigenvalue weighted by atomic mass is 28.3. The van der Waals surface area contributed by atoms with Gasteiger partial charge < -0.3 is 0 Å². The molecule has 0 aliphatic rings. The molecule has 0 aromatic heterocycles. The minimum atomic E-state index is -1.68. The monoisotopic (exact) mass is 1000 g/mol. The highest BCUT2D eigenvalue weighted by molar-refractivity contribution is 6.91. The molecule has 2 heteroatoms. The Hall–Kier alpha value is -8.41. The van der Waals surface area contributed by atoms with Crippen molar-refractivity contribution < 1.29 is 0 Å². The average molecular weight is 1000 g/mol. The lowest BCUT2D eigenvalue weighted by Gasteiger charge is -2.24. The zero-order valence-electron chi connectivity index (χ0n) is 44.1. The molecule has 14 aromatic carbocycles. The highest BCUT2D eigenvalue weighted by Gasteiger charge is 2.26. The Kier molecular flexibility index (Phi) is 10.7. The molecule has 0 aliphatic carbocycles. The van der Waals surface area contributed by atoms with Gasteiger partial charge in [-0.25, -0.2) is 0 Å². The van der Waals surface area contributed by atoms with Crippen LogP contribution in [-0.4, -0.2) is 16.1 Å². The summed E-state index contributed by atoms with van der Waals surface area (Å²) in [7, 11) is -3.37. The second-order valence-corrected chi connectivity index (χ2v) is 33.3. The van der Waals surface area contributed by atoms with Crippen LogP contribution in [0.25, 0.3) is 142 Å². The minimum Gasteiger partial charge on any atom is -0.0656 e. The van der Waals surface area contributed by atoms with Gasteiger partial charge in [-0.2, -0.15) is 0 Å². The molecule has 0 atom stereocenters. The standard InChI is InChI=1S/C74H58Si2/c1-75(2,3)71-41-39-59(57-19-11-13-21-61(57)71)69-45-67(51-29-23-49(24-30-51)55-33-27-47-15-7-9-17-53(47)43-55)63-36-38-66-70(60-40-42-72(76(4,5)6)62-22-14-12-20-58(60)62)46-68(64-35-37-65(69)73(63)74(64)66)52-31-25-50(26-32-52)56-34-28-48-16-8-10-18-54(48)44-56/h7-46H,1-6H3. The van der Waals surface area contributed by atoms with E-state index in [-0.39, 0.29) is 0 Å². The van der Waals surface area contributed by atoms with Crippen molar-refractivity contribution >= 4 is 102 Å². The molecular formula is C74H58Si2. The maximum absolute atomic E-state index is 2.51. The predicted molar refractivity (Wildman–Crippen MR) is 339 cm³/mol. The Morgan fingerprint density at radius 2 is 0.513 bits per heavy atom. The van der Waals surface area contributed by atoms with E-state index in [1.807, 2.05) is 0 Å². The summed E-state index contributed by atoms with van der Waals surface area (Å²) >= 11 is 0. The third kappa shape index (κ3) is 7.61. The summed E-state index contributed by atoms with van der Waals surface area (Å²) in [6, 6.07) is 92.5. The Balaban J connectivity index is 1.06. The summed E-state index contributed by atoms with van der Waals surface area (Å²) in [5.74, 6) is 0. The molecular weight excluding hydrogens is 945 g/mol. The Morgan fingerprint density at radius 3 is 0.895 bits per heavy atom. The number of hydrogen-bond acceptors (Lipinski definition) is 0. The third-order valence-electron chi connectivity index (χ3n) is 16.5. The maximum Gasteiger partial charge on any atom is 0.0784 e. The van der Waals surface area contributed by atoms with Gasteiger partial charge in [-0.05, 0) is 166 Å². The van der Waals surface area contributed by atoms with Gasteiger partial charge in [0, 0.05) is 0 Å². The van der Waals surface area contributed by atoms with Gasteiger partial charge in [0.25, 0.3) is 0 Å². The second-order valence-electron chi connectivity index (χ2n) is 23.2. The van der Waals surface area contributed by atoms with Crippen molar-refractivity contribution in [2.75, 3.05) is 0 Å². The number of rotatable bonds is 8. The summed E-state index contributed by atoms with van der Waals surface area (Å²) in [6.45, 7) is 14.8. The van der Waals surface area contributed by atoms with E-state index in [0.29, 0.717) is 0 Å². The van der Waals surface area contributed by atoms with Gasteiger partial charge in [0.1, 0.15) is 0 Å². The largest absolute Gasteiger partial charge is 0.0784 e. The zero-order valence-corrected chi connectivity index (χ0v) is 46.1. The van der Waals surface area contributed by atoms with Gasteiger partial charge in [0.15, 0.2) is 0 Å². The Labute approximate surface area is 447 Å². The van der Waals surface area contributed by atoms with E-state index in [4.69, 9.17) is 0 Å². The van der Waals surface area contributed by atoms with E-state index < -0.39 is 16.1 Å². The molecule has 14 aromatic rings. The van der Waals surface area contributed by atoms with E-state index in [1.165, 1.54) is 153 Å². The fourth-order valence-corrected chi connectivity index (χ4v) is 15.9. The first-order chi connectivity index (χ1) is 36.9. The predicted octanol–water partition coefficient (Wildman–Crippen LogP) is 20.3. The van der Waals surface area contributed by atoms with Crippen LogP contribution in [0, 0.1) is 0 Å². The molecule has 0 spiro atoms. The van der Waals surface area contributed by atoms with Gasteiger partial charge in [0.05, 0.1) is 16.1 Å². The van der Waals surface area contributed by atoms with Crippen molar-refractivity contribution in [1.82, 2.24) is 0 Å². The lowest BCUT2D eigenvalue weighted by atomic mass is 9.81. The maximum atomic E-state index is 2.51. The fourth-order valence-electron chi connectivity index (χ4n) is 12.7. The van der Waals surface area contributed by atoms with Crippen molar-refractivity contribution in [3.05, 3.63) is 243 Å². The zero-order chi connectivity index (χ0) is 51.5. The quantitative estimate of drug-likeness (QED) is 0.105. The van der Waals surface area contributed by atoms with Crippen LogP contribution in [0.3, 0.4) is 0 Å². The van der Waals surface area contributed by atoms with E-state index in [1.54, 1.807) is 0 Å². The Morgan fingerprint density at radius 1 is 0.197 bits per heavy atom. The lowest BCUT2D eigenvalue weighted by molar-refractivity contribution is 1.61.